The lowest BCUT2D eigenvalue weighted by Crippen LogP contribution is -2.11. The molecule has 21 heavy (non-hydrogen) atoms. The first kappa shape index (κ1) is 14.9. The Morgan fingerprint density at radius 3 is 2.52 bits per heavy atom. The lowest BCUT2D eigenvalue weighted by atomic mass is 10.1. The maximum absolute atomic E-state index is 12.8. The zero-order chi connectivity index (χ0) is 15.4. The molecule has 2 aromatic carbocycles. The zero-order valence-corrected chi connectivity index (χ0v) is 11.3. The number of halogens is 2. The summed E-state index contributed by atoms with van der Waals surface area (Å²) in [5, 5.41) is 10.8. The minimum absolute atomic E-state index is 0.0429. The van der Waals surface area contributed by atoms with Crippen molar-refractivity contribution in [3.05, 3.63) is 69.0 Å². The largest absolute Gasteiger partial charge is 0.484 e. The van der Waals surface area contributed by atoms with Crippen molar-refractivity contribution in [2.24, 2.45) is 0 Å². The van der Waals surface area contributed by atoms with Crippen LogP contribution in [0, 0.1) is 15.9 Å². The van der Waals surface area contributed by atoms with Crippen LogP contribution in [0.4, 0.5) is 10.1 Å². The second-order valence-electron chi connectivity index (χ2n) is 4.09. The van der Waals surface area contributed by atoms with Gasteiger partial charge < -0.3 is 4.74 Å². The van der Waals surface area contributed by atoms with Gasteiger partial charge in [0, 0.05) is 11.6 Å². The van der Waals surface area contributed by atoms with Crippen molar-refractivity contribution >= 4 is 23.1 Å². The molecule has 0 aliphatic heterocycles. The Bertz CT molecular complexity index is 688. The van der Waals surface area contributed by atoms with Gasteiger partial charge in [0.05, 0.1) is 16.0 Å². The maximum Gasteiger partial charge on any atom is 0.273 e. The van der Waals surface area contributed by atoms with E-state index in [1.54, 1.807) is 0 Å². The molecule has 5 nitrogen and oxygen atoms in total. The summed E-state index contributed by atoms with van der Waals surface area (Å²) in [5.74, 6) is -0.798. The van der Waals surface area contributed by atoms with Gasteiger partial charge >= 0.3 is 0 Å². The molecule has 108 valence electrons. The van der Waals surface area contributed by atoms with Gasteiger partial charge in [-0.2, -0.15) is 0 Å². The van der Waals surface area contributed by atoms with Crippen molar-refractivity contribution in [1.82, 2.24) is 0 Å². The molecule has 0 amide bonds. The standard InChI is InChI=1S/C14H9ClFNO4/c15-12-6-5-11(17(19)20)7-14(12)21-8-13(18)9-1-3-10(16)4-2-9/h1-7H,8H2. The number of nitrogens with zero attached hydrogens (tertiary/aromatic N) is 1. The highest BCUT2D eigenvalue weighted by atomic mass is 35.5. The lowest BCUT2D eigenvalue weighted by Gasteiger charge is -2.07. The molecule has 0 spiro atoms. The van der Waals surface area contributed by atoms with Crippen molar-refractivity contribution in [2.45, 2.75) is 0 Å². The summed E-state index contributed by atoms with van der Waals surface area (Å²) in [7, 11) is 0. The molecule has 0 fully saturated rings. The summed E-state index contributed by atoms with van der Waals surface area (Å²) in [6.45, 7) is -0.355. The van der Waals surface area contributed by atoms with Crippen LogP contribution < -0.4 is 4.74 Å². The summed E-state index contributed by atoms with van der Waals surface area (Å²) >= 11 is 5.84. The van der Waals surface area contributed by atoms with Crippen LogP contribution in [0.5, 0.6) is 5.75 Å². The number of non-ortho nitro benzene ring substituents is 1. The summed E-state index contributed by atoms with van der Waals surface area (Å²) in [4.78, 5) is 21.9. The number of carbonyl (C=O) groups is 1. The van der Waals surface area contributed by atoms with E-state index in [1.807, 2.05) is 0 Å². The highest BCUT2D eigenvalue weighted by Gasteiger charge is 2.13. The van der Waals surface area contributed by atoms with Crippen molar-refractivity contribution in [1.29, 1.82) is 0 Å². The maximum atomic E-state index is 12.8. The van der Waals surface area contributed by atoms with Gasteiger partial charge in [0.25, 0.3) is 5.69 Å². The molecule has 0 N–H and O–H groups in total. The number of rotatable bonds is 5. The molecule has 2 rings (SSSR count). The van der Waals surface area contributed by atoms with Crippen LogP contribution in [-0.4, -0.2) is 17.3 Å². The molecule has 2 aromatic rings. The monoisotopic (exact) mass is 309 g/mol. The van der Waals surface area contributed by atoms with E-state index in [0.717, 1.165) is 18.2 Å². The van der Waals surface area contributed by atoms with Crippen molar-refractivity contribution in [3.8, 4) is 5.75 Å². The predicted molar refractivity (Wildman–Crippen MR) is 74.3 cm³/mol. The predicted octanol–water partition coefficient (Wildman–Crippen LogP) is 3.65. The second kappa shape index (κ2) is 6.32. The van der Waals surface area contributed by atoms with Crippen LogP contribution in [-0.2, 0) is 0 Å². The zero-order valence-electron chi connectivity index (χ0n) is 10.6. The molecule has 0 radical (unpaired) electrons. The van der Waals surface area contributed by atoms with E-state index in [9.17, 15) is 19.3 Å². The Hall–Kier alpha value is -2.47. The lowest BCUT2D eigenvalue weighted by molar-refractivity contribution is -0.384. The van der Waals surface area contributed by atoms with Crippen LogP contribution >= 0.6 is 11.6 Å². The quantitative estimate of drug-likeness (QED) is 0.480. The molecule has 0 unspecified atom stereocenters. The molecule has 0 saturated heterocycles. The summed E-state index contributed by atoms with van der Waals surface area (Å²) in [6.07, 6.45) is 0. The number of benzene rings is 2. The number of hydrogen-bond donors (Lipinski definition) is 0. The van der Waals surface area contributed by atoms with Gasteiger partial charge in [-0.25, -0.2) is 4.39 Å². The molecule has 0 atom stereocenters. The van der Waals surface area contributed by atoms with Gasteiger partial charge in [0.15, 0.2) is 12.4 Å². The van der Waals surface area contributed by atoms with Gasteiger partial charge in [-0.15, -0.1) is 0 Å². The van der Waals surface area contributed by atoms with Crippen LogP contribution in [0.3, 0.4) is 0 Å². The number of ketones is 1. The Balaban J connectivity index is 2.09. The first-order chi connectivity index (χ1) is 9.97. The minimum atomic E-state index is -0.592. The molecule has 7 heteroatoms. The number of ether oxygens (including phenoxy) is 1. The average Bonchev–Trinajstić information content (AvgIpc) is 2.46. The molecular formula is C14H9ClFNO4. The number of carbonyl (C=O) groups excluding carboxylic acids is 1. The molecule has 0 aliphatic rings. The van der Waals surface area contributed by atoms with E-state index in [2.05, 4.69) is 0 Å². The Labute approximate surface area is 124 Å². The molecule has 0 aliphatic carbocycles. The second-order valence-corrected chi connectivity index (χ2v) is 4.50. The summed E-state index contributed by atoms with van der Waals surface area (Å²) in [6, 6.07) is 8.67. The fourth-order valence-electron chi connectivity index (χ4n) is 1.58. The number of nitro groups is 1. The van der Waals surface area contributed by atoms with Gasteiger partial charge in [-0.05, 0) is 30.3 Å². The topological polar surface area (TPSA) is 69.4 Å². The van der Waals surface area contributed by atoms with E-state index in [-0.39, 0.29) is 28.6 Å². The molecular weight excluding hydrogens is 301 g/mol. The highest BCUT2D eigenvalue weighted by molar-refractivity contribution is 6.32. The van der Waals surface area contributed by atoms with Crippen molar-refractivity contribution in [3.63, 3.8) is 0 Å². The van der Waals surface area contributed by atoms with Gasteiger partial charge in [0.2, 0.25) is 0 Å². The first-order valence-electron chi connectivity index (χ1n) is 5.83. The first-order valence-corrected chi connectivity index (χ1v) is 6.20. The summed E-state index contributed by atoms with van der Waals surface area (Å²) < 4.78 is 17.9. The Kier molecular flexibility index (Phi) is 4.49. The van der Waals surface area contributed by atoms with Crippen LogP contribution in [0.2, 0.25) is 5.02 Å². The number of Topliss-reactive ketones (excluding diaryl/α,β-unsaturated/α-hetero) is 1. The third-order valence-corrected chi connectivity index (χ3v) is 2.96. The van der Waals surface area contributed by atoms with E-state index < -0.39 is 16.5 Å². The van der Waals surface area contributed by atoms with Gasteiger partial charge in [0.1, 0.15) is 11.6 Å². The van der Waals surface area contributed by atoms with Gasteiger partial charge in [-0.3, -0.25) is 14.9 Å². The fraction of sp³-hybridized carbons (Fsp3) is 0.0714. The fourth-order valence-corrected chi connectivity index (χ4v) is 1.75. The van der Waals surface area contributed by atoms with E-state index in [0.29, 0.717) is 0 Å². The van der Waals surface area contributed by atoms with Crippen LogP contribution in [0.1, 0.15) is 10.4 Å². The molecule has 0 heterocycles. The van der Waals surface area contributed by atoms with E-state index in [1.165, 1.54) is 24.3 Å². The SMILES string of the molecule is O=C(COc1cc([N+](=O)[O-])ccc1Cl)c1ccc(F)cc1. The summed E-state index contributed by atoms with van der Waals surface area (Å²) in [5.41, 5.74) is 0.0848. The number of hydrogen-bond acceptors (Lipinski definition) is 4. The normalized spacial score (nSPS) is 10.2. The molecule has 0 bridgehead atoms. The van der Waals surface area contributed by atoms with Gasteiger partial charge in [-0.1, -0.05) is 11.6 Å². The van der Waals surface area contributed by atoms with E-state index >= 15 is 0 Å². The van der Waals surface area contributed by atoms with Crippen molar-refractivity contribution < 1.29 is 18.8 Å². The minimum Gasteiger partial charge on any atom is -0.484 e. The molecule has 0 aromatic heterocycles. The van der Waals surface area contributed by atoms with Crippen LogP contribution in [0.15, 0.2) is 42.5 Å². The average molecular weight is 310 g/mol. The third kappa shape index (κ3) is 3.76. The van der Waals surface area contributed by atoms with Crippen LogP contribution in [0.25, 0.3) is 0 Å². The van der Waals surface area contributed by atoms with Crippen molar-refractivity contribution in [2.75, 3.05) is 6.61 Å². The Morgan fingerprint density at radius 2 is 1.90 bits per heavy atom. The Morgan fingerprint density at radius 1 is 1.24 bits per heavy atom. The highest BCUT2D eigenvalue weighted by Crippen LogP contribution is 2.28. The smallest absolute Gasteiger partial charge is 0.273 e. The third-order valence-electron chi connectivity index (χ3n) is 2.65. The molecule has 0 saturated carbocycles. The number of nitro benzene ring substituents is 1. The van der Waals surface area contributed by atoms with E-state index in [4.69, 9.17) is 16.3 Å².